The molecule has 0 aliphatic carbocycles. The molecule has 94 valence electrons. The molecule has 3 heterocycles. The number of nitrogens with zero attached hydrogens (tertiary/aromatic N) is 2. The Kier molecular flexibility index (Phi) is 3.24. The van der Waals surface area contributed by atoms with Gasteiger partial charge in [-0.25, -0.2) is 0 Å². The third-order valence-corrected chi connectivity index (χ3v) is 5.51. The van der Waals surface area contributed by atoms with Crippen molar-refractivity contribution in [2.75, 3.05) is 26.2 Å². The predicted octanol–water partition coefficient (Wildman–Crippen LogP) is 2.90. The summed E-state index contributed by atoms with van der Waals surface area (Å²) in [6, 6.07) is 6.01. The molecule has 0 radical (unpaired) electrons. The van der Waals surface area contributed by atoms with E-state index in [1.165, 1.54) is 48.8 Å². The lowest BCUT2D eigenvalue weighted by atomic mass is 10.1. The van der Waals surface area contributed by atoms with Crippen molar-refractivity contribution < 1.29 is 0 Å². The summed E-state index contributed by atoms with van der Waals surface area (Å²) in [6.45, 7) is 9.71. The van der Waals surface area contributed by atoms with E-state index >= 15 is 0 Å². The van der Waals surface area contributed by atoms with Crippen LogP contribution in [0.5, 0.6) is 0 Å². The summed E-state index contributed by atoms with van der Waals surface area (Å²) < 4.78 is 0. The fourth-order valence-corrected chi connectivity index (χ4v) is 4.19. The first kappa shape index (κ1) is 11.7. The highest BCUT2D eigenvalue weighted by molar-refractivity contribution is 7.12. The van der Waals surface area contributed by atoms with Crippen LogP contribution in [0.2, 0.25) is 0 Å². The highest BCUT2D eigenvalue weighted by Gasteiger charge is 2.32. The fourth-order valence-electron chi connectivity index (χ4n) is 3.22. The molecule has 3 rings (SSSR count). The average Bonchev–Trinajstić information content (AvgIpc) is 2.95. The van der Waals surface area contributed by atoms with Gasteiger partial charge in [-0.2, -0.15) is 0 Å². The van der Waals surface area contributed by atoms with Crippen LogP contribution in [-0.2, 0) is 0 Å². The molecule has 2 fully saturated rings. The van der Waals surface area contributed by atoms with Crippen molar-refractivity contribution in [1.82, 2.24) is 9.80 Å². The van der Waals surface area contributed by atoms with Gasteiger partial charge in [-0.3, -0.25) is 9.80 Å². The number of hydrogen-bond donors (Lipinski definition) is 0. The number of thiophene rings is 1. The molecule has 2 unspecified atom stereocenters. The van der Waals surface area contributed by atoms with E-state index in [-0.39, 0.29) is 0 Å². The van der Waals surface area contributed by atoms with Crippen LogP contribution in [-0.4, -0.2) is 42.0 Å². The Morgan fingerprint density at radius 2 is 2.18 bits per heavy atom. The molecule has 0 aromatic carbocycles. The van der Waals surface area contributed by atoms with Crippen molar-refractivity contribution in [1.29, 1.82) is 0 Å². The molecular weight excluding hydrogens is 228 g/mol. The second kappa shape index (κ2) is 4.71. The lowest BCUT2D eigenvalue weighted by Gasteiger charge is -2.40. The molecule has 2 aliphatic heterocycles. The van der Waals surface area contributed by atoms with Gasteiger partial charge in [-0.1, -0.05) is 0 Å². The van der Waals surface area contributed by atoms with Crippen LogP contribution < -0.4 is 0 Å². The van der Waals surface area contributed by atoms with Crippen molar-refractivity contribution in [3.8, 4) is 0 Å². The van der Waals surface area contributed by atoms with Crippen molar-refractivity contribution in [3.63, 3.8) is 0 Å². The van der Waals surface area contributed by atoms with Crippen LogP contribution in [0.4, 0.5) is 0 Å². The minimum Gasteiger partial charge on any atom is -0.298 e. The zero-order valence-electron chi connectivity index (χ0n) is 10.9. The van der Waals surface area contributed by atoms with Crippen LogP contribution in [0.1, 0.15) is 35.6 Å². The van der Waals surface area contributed by atoms with Crippen molar-refractivity contribution in [2.45, 2.75) is 38.8 Å². The fraction of sp³-hybridized carbons (Fsp3) is 0.714. The first-order valence-corrected chi connectivity index (χ1v) is 7.60. The molecule has 17 heavy (non-hydrogen) atoms. The SMILES string of the molecule is Cc1ccc(C(C)N2CCN3CCCC3C2)s1. The number of aryl methyl sites for hydroxylation is 1. The number of piperazine rings is 1. The van der Waals surface area contributed by atoms with E-state index < -0.39 is 0 Å². The van der Waals surface area contributed by atoms with Gasteiger partial charge >= 0.3 is 0 Å². The van der Waals surface area contributed by atoms with Gasteiger partial charge in [0.2, 0.25) is 0 Å². The van der Waals surface area contributed by atoms with Gasteiger partial charge in [-0.05, 0) is 45.4 Å². The molecule has 2 nitrogen and oxygen atoms in total. The lowest BCUT2D eigenvalue weighted by molar-refractivity contribution is 0.0781. The highest BCUT2D eigenvalue weighted by Crippen LogP contribution is 2.31. The minimum absolute atomic E-state index is 0.608. The lowest BCUT2D eigenvalue weighted by Crippen LogP contribution is -2.50. The zero-order chi connectivity index (χ0) is 11.8. The Morgan fingerprint density at radius 3 is 2.94 bits per heavy atom. The summed E-state index contributed by atoms with van der Waals surface area (Å²) in [5, 5.41) is 0. The van der Waals surface area contributed by atoms with Crippen LogP contribution in [0.25, 0.3) is 0 Å². The molecule has 0 bridgehead atoms. The van der Waals surface area contributed by atoms with Crippen LogP contribution in [0, 0.1) is 6.92 Å². The Morgan fingerprint density at radius 1 is 1.29 bits per heavy atom. The Bertz CT molecular complexity index is 387. The van der Waals surface area contributed by atoms with Crippen LogP contribution in [0.3, 0.4) is 0 Å². The van der Waals surface area contributed by atoms with Crippen molar-refractivity contribution >= 4 is 11.3 Å². The standard InChI is InChI=1S/C14H22N2S/c1-11-5-6-14(17-11)12(2)16-9-8-15-7-3-4-13(15)10-16/h5-6,12-13H,3-4,7-10H2,1-2H3. The monoisotopic (exact) mass is 250 g/mol. The predicted molar refractivity (Wildman–Crippen MR) is 73.6 cm³/mol. The van der Waals surface area contributed by atoms with Crippen LogP contribution in [0.15, 0.2) is 12.1 Å². The van der Waals surface area contributed by atoms with E-state index in [0.29, 0.717) is 6.04 Å². The van der Waals surface area contributed by atoms with Gasteiger partial charge < -0.3 is 0 Å². The van der Waals surface area contributed by atoms with Crippen molar-refractivity contribution in [2.24, 2.45) is 0 Å². The summed E-state index contributed by atoms with van der Waals surface area (Å²) in [4.78, 5) is 8.33. The van der Waals surface area contributed by atoms with E-state index in [1.54, 1.807) is 0 Å². The molecule has 0 amide bonds. The van der Waals surface area contributed by atoms with Gasteiger partial charge in [-0.15, -0.1) is 11.3 Å². The molecule has 2 aliphatic rings. The van der Waals surface area contributed by atoms with E-state index in [9.17, 15) is 0 Å². The maximum atomic E-state index is 2.68. The Labute approximate surface area is 108 Å². The van der Waals surface area contributed by atoms with Gasteiger partial charge in [0.05, 0.1) is 0 Å². The smallest absolute Gasteiger partial charge is 0.0414 e. The van der Waals surface area contributed by atoms with Gasteiger partial charge in [0.25, 0.3) is 0 Å². The maximum Gasteiger partial charge on any atom is 0.0414 e. The molecule has 0 spiro atoms. The second-order valence-corrected chi connectivity index (χ2v) is 6.77. The highest BCUT2D eigenvalue weighted by atomic mass is 32.1. The molecule has 3 heteroatoms. The first-order chi connectivity index (χ1) is 8.24. The summed E-state index contributed by atoms with van der Waals surface area (Å²) in [7, 11) is 0. The largest absolute Gasteiger partial charge is 0.298 e. The second-order valence-electron chi connectivity index (χ2n) is 5.45. The normalized spacial score (nSPS) is 28.2. The summed E-state index contributed by atoms with van der Waals surface area (Å²) in [5.74, 6) is 0. The van der Waals surface area contributed by atoms with E-state index in [2.05, 4.69) is 35.8 Å². The third-order valence-electron chi connectivity index (χ3n) is 4.34. The van der Waals surface area contributed by atoms with E-state index in [1.807, 2.05) is 11.3 Å². The molecule has 1 aromatic heterocycles. The Balaban J connectivity index is 1.68. The molecule has 2 saturated heterocycles. The minimum atomic E-state index is 0.608. The summed E-state index contributed by atoms with van der Waals surface area (Å²) in [6.07, 6.45) is 2.82. The summed E-state index contributed by atoms with van der Waals surface area (Å²) in [5.41, 5.74) is 0. The molecule has 1 aromatic rings. The molecule has 0 N–H and O–H groups in total. The maximum absolute atomic E-state index is 2.68. The number of rotatable bonds is 2. The van der Waals surface area contributed by atoms with Gasteiger partial charge in [0.1, 0.15) is 0 Å². The van der Waals surface area contributed by atoms with E-state index in [0.717, 1.165) is 6.04 Å². The first-order valence-electron chi connectivity index (χ1n) is 6.78. The average molecular weight is 250 g/mol. The number of fused-ring (bicyclic) bond motifs is 1. The van der Waals surface area contributed by atoms with Gasteiger partial charge in [0, 0.05) is 41.5 Å². The molecule has 2 atom stereocenters. The number of hydrogen-bond acceptors (Lipinski definition) is 3. The van der Waals surface area contributed by atoms with E-state index in [4.69, 9.17) is 0 Å². The quantitative estimate of drug-likeness (QED) is 0.796. The van der Waals surface area contributed by atoms with Gasteiger partial charge in [0.15, 0.2) is 0 Å². The zero-order valence-corrected chi connectivity index (χ0v) is 11.7. The Hall–Kier alpha value is -0.380. The third kappa shape index (κ3) is 2.28. The topological polar surface area (TPSA) is 6.48 Å². The summed E-state index contributed by atoms with van der Waals surface area (Å²) >= 11 is 1.96. The van der Waals surface area contributed by atoms with Crippen LogP contribution >= 0.6 is 11.3 Å². The van der Waals surface area contributed by atoms with Crippen molar-refractivity contribution in [3.05, 3.63) is 21.9 Å². The molecular formula is C14H22N2S. The molecule has 0 saturated carbocycles.